The molecule has 3 unspecified atom stereocenters. The molecule has 3 saturated heterocycles. The number of hydrogen-bond acceptors (Lipinski definition) is 6. The van der Waals surface area contributed by atoms with E-state index in [2.05, 4.69) is 29.1 Å². The number of carbonyl (C=O) groups is 3. The Morgan fingerprint density at radius 2 is 1.70 bits per heavy atom. The topological polar surface area (TPSA) is 90.4 Å². The fraction of sp³-hybridized carbons (Fsp3) is 0.486. The molecule has 1 spiro atoms. The van der Waals surface area contributed by atoms with Gasteiger partial charge in [0.05, 0.1) is 23.2 Å². The Labute approximate surface area is 291 Å². The number of hydrogen-bond donors (Lipinski definition) is 1. The molecular formula is C37H46BrN3O5S. The van der Waals surface area contributed by atoms with Crippen molar-refractivity contribution in [1.82, 2.24) is 4.90 Å². The van der Waals surface area contributed by atoms with E-state index in [1.807, 2.05) is 63.2 Å². The molecule has 3 amide bonds. The largest absolute Gasteiger partial charge is 0.494 e. The molecule has 3 heterocycles. The zero-order valence-corrected chi connectivity index (χ0v) is 30.0. The molecule has 3 aliphatic rings. The maximum Gasteiger partial charge on any atom is 0.251 e. The van der Waals surface area contributed by atoms with Gasteiger partial charge < -0.3 is 24.5 Å². The van der Waals surface area contributed by atoms with Crippen LogP contribution < -0.4 is 14.5 Å². The molecule has 47 heavy (non-hydrogen) atoms. The van der Waals surface area contributed by atoms with E-state index in [-0.39, 0.29) is 41.0 Å². The number of unbranched alkanes of at least 4 members (excludes halogenated alkanes) is 2. The van der Waals surface area contributed by atoms with E-state index in [4.69, 9.17) is 4.74 Å². The van der Waals surface area contributed by atoms with Crippen molar-refractivity contribution in [3.05, 3.63) is 78.9 Å². The van der Waals surface area contributed by atoms with E-state index < -0.39 is 22.6 Å². The van der Waals surface area contributed by atoms with Crippen LogP contribution in [0.3, 0.4) is 0 Å². The molecule has 252 valence electrons. The van der Waals surface area contributed by atoms with Gasteiger partial charge in [0.15, 0.2) is 0 Å². The van der Waals surface area contributed by atoms with Crippen LogP contribution in [0.1, 0.15) is 43.7 Å². The zero-order chi connectivity index (χ0) is 33.9. The molecule has 2 aromatic rings. The van der Waals surface area contributed by atoms with Crippen LogP contribution in [-0.2, 0) is 14.4 Å². The number of amides is 3. The van der Waals surface area contributed by atoms with Crippen LogP contribution in [0.25, 0.3) is 0 Å². The van der Waals surface area contributed by atoms with Crippen LogP contribution in [0.2, 0.25) is 0 Å². The summed E-state index contributed by atoms with van der Waals surface area (Å²) in [5.74, 6) is -0.968. The SMILES string of the molecule is C=CCN(C(=O)[C@H]1[C@H]2C(=O)N(CCCCCO)C(C(=O)N(CC=C)c3c(C)cccc3C)C23CC(Br)[C@@H]1S3)c1ccc(OCC)cc1. The van der Waals surface area contributed by atoms with E-state index in [1.54, 1.807) is 38.6 Å². The van der Waals surface area contributed by atoms with E-state index in [9.17, 15) is 14.7 Å². The summed E-state index contributed by atoms with van der Waals surface area (Å²) in [4.78, 5) is 49.6. The summed E-state index contributed by atoms with van der Waals surface area (Å²) in [6, 6.07) is 12.6. The standard InChI is InChI=1S/C37H46BrN3O5S/c1-6-19-39(26-15-17-27(18-16-26)46-8-3)34(43)29-30-35(44)41(21-10-9-11-22-42)33(37(30)23-28(38)32(29)47-37)36(45)40(20-7-2)31-24(4)13-12-14-25(31)5/h6-7,12-18,28-30,32-33,42H,1-2,8-11,19-23H2,3-5H3/t28?,29-,30-,32-,33?,37?/m0/s1. The van der Waals surface area contributed by atoms with Crippen LogP contribution in [0.15, 0.2) is 67.8 Å². The first-order valence-electron chi connectivity index (χ1n) is 16.5. The van der Waals surface area contributed by atoms with Gasteiger partial charge in [0.25, 0.3) is 5.91 Å². The first-order valence-corrected chi connectivity index (χ1v) is 18.3. The minimum Gasteiger partial charge on any atom is -0.494 e. The van der Waals surface area contributed by atoms with Crippen molar-refractivity contribution in [2.45, 2.75) is 67.3 Å². The third-order valence-electron chi connectivity index (χ3n) is 9.69. The number of nitrogens with zero attached hydrogens (tertiary/aromatic N) is 3. The fourth-order valence-electron chi connectivity index (χ4n) is 7.82. The predicted molar refractivity (Wildman–Crippen MR) is 193 cm³/mol. The maximum atomic E-state index is 15.0. The Bertz CT molecular complexity index is 1480. The minimum absolute atomic E-state index is 0.0471. The fourth-order valence-corrected chi connectivity index (χ4v) is 11.4. The zero-order valence-electron chi connectivity index (χ0n) is 27.6. The Morgan fingerprint density at radius 1 is 1.04 bits per heavy atom. The van der Waals surface area contributed by atoms with E-state index >= 15 is 4.79 Å². The number of benzene rings is 2. The lowest BCUT2D eigenvalue weighted by atomic mass is 9.70. The summed E-state index contributed by atoms with van der Waals surface area (Å²) >= 11 is 5.55. The van der Waals surface area contributed by atoms with Gasteiger partial charge in [0.1, 0.15) is 11.8 Å². The Balaban J connectivity index is 1.57. The summed E-state index contributed by atoms with van der Waals surface area (Å²) in [5, 5.41) is 9.24. The number of rotatable bonds is 15. The molecule has 3 aliphatic heterocycles. The lowest BCUT2D eigenvalue weighted by Gasteiger charge is -2.39. The number of aliphatic hydroxyl groups excluding tert-OH is 1. The van der Waals surface area contributed by atoms with E-state index in [1.165, 1.54) is 0 Å². The van der Waals surface area contributed by atoms with Crippen LogP contribution >= 0.6 is 27.7 Å². The number of alkyl halides is 1. The summed E-state index contributed by atoms with van der Waals surface area (Å²) < 4.78 is 4.84. The predicted octanol–water partition coefficient (Wildman–Crippen LogP) is 6.07. The molecule has 2 aromatic carbocycles. The molecule has 10 heteroatoms. The van der Waals surface area contributed by atoms with Gasteiger partial charge in [0.2, 0.25) is 11.8 Å². The normalized spacial score (nSPS) is 25.9. The van der Waals surface area contributed by atoms with Crippen LogP contribution in [0.4, 0.5) is 11.4 Å². The lowest BCUT2D eigenvalue weighted by Crippen LogP contribution is -2.56. The number of carbonyl (C=O) groups excluding carboxylic acids is 3. The molecule has 3 fully saturated rings. The van der Waals surface area contributed by atoms with Gasteiger partial charge in [-0.15, -0.1) is 24.9 Å². The van der Waals surface area contributed by atoms with Crippen LogP contribution in [-0.4, -0.2) is 81.4 Å². The number of aryl methyl sites for hydroxylation is 2. The van der Waals surface area contributed by atoms with Crippen molar-refractivity contribution in [3.8, 4) is 5.75 Å². The number of para-hydroxylation sites is 1. The van der Waals surface area contributed by atoms with Gasteiger partial charge in [-0.1, -0.05) is 46.3 Å². The van der Waals surface area contributed by atoms with Gasteiger partial charge >= 0.3 is 0 Å². The summed E-state index contributed by atoms with van der Waals surface area (Å²) in [7, 11) is 0. The molecule has 5 rings (SSSR count). The number of aliphatic hydroxyl groups is 1. The highest BCUT2D eigenvalue weighted by Gasteiger charge is 2.76. The van der Waals surface area contributed by atoms with Gasteiger partial charge in [0, 0.05) is 47.7 Å². The molecule has 2 bridgehead atoms. The first-order chi connectivity index (χ1) is 22.6. The molecule has 6 atom stereocenters. The number of anilines is 2. The molecular weight excluding hydrogens is 678 g/mol. The lowest BCUT2D eigenvalue weighted by molar-refractivity contribution is -0.139. The highest BCUT2D eigenvalue weighted by molar-refractivity contribution is 9.09. The monoisotopic (exact) mass is 723 g/mol. The van der Waals surface area contributed by atoms with E-state index in [0.29, 0.717) is 50.4 Å². The van der Waals surface area contributed by atoms with Gasteiger partial charge in [-0.3, -0.25) is 14.4 Å². The molecule has 1 N–H and O–H groups in total. The number of likely N-dealkylation sites (tertiary alicyclic amines) is 1. The number of thioether (sulfide) groups is 1. The smallest absolute Gasteiger partial charge is 0.251 e. The molecule has 8 nitrogen and oxygen atoms in total. The molecule has 0 radical (unpaired) electrons. The number of ether oxygens (including phenoxy) is 1. The van der Waals surface area contributed by atoms with Crippen molar-refractivity contribution in [2.24, 2.45) is 11.8 Å². The molecule has 0 aromatic heterocycles. The van der Waals surface area contributed by atoms with Crippen LogP contribution in [0.5, 0.6) is 5.75 Å². The quantitative estimate of drug-likeness (QED) is 0.136. The van der Waals surface area contributed by atoms with Gasteiger partial charge in [-0.25, -0.2) is 0 Å². The minimum atomic E-state index is -0.779. The average molecular weight is 725 g/mol. The second kappa shape index (κ2) is 15.0. The second-order valence-corrected chi connectivity index (χ2v) is 15.3. The van der Waals surface area contributed by atoms with Gasteiger partial charge in [-0.2, -0.15) is 0 Å². The van der Waals surface area contributed by atoms with Crippen LogP contribution in [0, 0.1) is 25.7 Å². The van der Waals surface area contributed by atoms with Crippen molar-refractivity contribution in [1.29, 1.82) is 0 Å². The Hall–Kier alpha value is -3.08. The summed E-state index contributed by atoms with van der Waals surface area (Å²) in [6.07, 6.45) is 6.04. The number of fused-ring (bicyclic) bond motifs is 1. The Kier molecular flexibility index (Phi) is 11.2. The van der Waals surface area contributed by atoms with Crippen molar-refractivity contribution in [2.75, 3.05) is 42.6 Å². The van der Waals surface area contributed by atoms with Crippen molar-refractivity contribution >= 4 is 56.8 Å². The van der Waals surface area contributed by atoms with Crippen molar-refractivity contribution < 1.29 is 24.2 Å². The third-order valence-corrected chi connectivity index (χ3v) is 12.9. The van der Waals surface area contributed by atoms with Crippen molar-refractivity contribution in [3.63, 3.8) is 0 Å². The molecule has 0 saturated carbocycles. The van der Waals surface area contributed by atoms with Gasteiger partial charge in [-0.05, 0) is 81.8 Å². The maximum absolute atomic E-state index is 15.0. The first kappa shape index (κ1) is 35.2. The molecule has 0 aliphatic carbocycles. The number of halogens is 1. The second-order valence-electron chi connectivity index (χ2n) is 12.6. The average Bonchev–Trinajstić information content (AvgIpc) is 3.64. The third kappa shape index (κ3) is 6.41. The Morgan fingerprint density at radius 3 is 2.32 bits per heavy atom. The highest BCUT2D eigenvalue weighted by atomic mass is 79.9. The highest BCUT2D eigenvalue weighted by Crippen LogP contribution is 2.68. The summed E-state index contributed by atoms with van der Waals surface area (Å²) in [5.41, 5.74) is 3.48. The van der Waals surface area contributed by atoms with E-state index in [0.717, 1.165) is 23.2 Å². The summed E-state index contributed by atoms with van der Waals surface area (Å²) in [6.45, 7) is 15.4.